The number of benzene rings is 1. The first-order valence-electron chi connectivity index (χ1n) is 8.39. The van der Waals surface area contributed by atoms with Gasteiger partial charge in [0.2, 0.25) is 12.7 Å². The molecular formula is C19H22N2O5. The molecular weight excluding hydrogens is 336 g/mol. The maximum atomic E-state index is 12.3. The Morgan fingerprint density at radius 3 is 2.69 bits per heavy atom. The fourth-order valence-corrected chi connectivity index (χ4v) is 2.62. The van der Waals surface area contributed by atoms with Gasteiger partial charge in [0.1, 0.15) is 6.04 Å². The minimum Gasteiger partial charge on any atom is -0.459 e. The molecule has 0 radical (unpaired) electrons. The first kappa shape index (κ1) is 17.8. The van der Waals surface area contributed by atoms with E-state index in [9.17, 15) is 9.59 Å². The van der Waals surface area contributed by atoms with Crippen molar-refractivity contribution in [3.8, 4) is 11.5 Å². The molecule has 0 saturated carbocycles. The number of ether oxygens (including phenoxy) is 2. The summed E-state index contributed by atoms with van der Waals surface area (Å²) in [4.78, 5) is 24.3. The van der Waals surface area contributed by atoms with Crippen molar-refractivity contribution in [2.24, 2.45) is 0 Å². The zero-order chi connectivity index (χ0) is 18.7. The first-order valence-corrected chi connectivity index (χ1v) is 8.39. The molecule has 0 aliphatic carbocycles. The summed E-state index contributed by atoms with van der Waals surface area (Å²) < 4.78 is 15.8. The van der Waals surface area contributed by atoms with E-state index in [2.05, 4.69) is 10.6 Å². The average molecular weight is 358 g/mol. The van der Waals surface area contributed by atoms with E-state index in [0.717, 1.165) is 11.3 Å². The number of fused-ring (bicyclic) bond motifs is 1. The highest BCUT2D eigenvalue weighted by molar-refractivity contribution is 5.95. The van der Waals surface area contributed by atoms with Crippen LogP contribution in [0.5, 0.6) is 11.5 Å². The van der Waals surface area contributed by atoms with E-state index in [-0.39, 0.29) is 23.9 Å². The second-order valence-electron chi connectivity index (χ2n) is 6.84. The van der Waals surface area contributed by atoms with Crippen LogP contribution in [-0.4, -0.2) is 31.2 Å². The fourth-order valence-electron chi connectivity index (χ4n) is 2.62. The lowest BCUT2D eigenvalue weighted by Crippen LogP contribution is -2.47. The first-order chi connectivity index (χ1) is 12.4. The molecule has 0 fully saturated rings. The van der Waals surface area contributed by atoms with Crippen LogP contribution in [-0.2, 0) is 10.2 Å². The van der Waals surface area contributed by atoms with Crippen molar-refractivity contribution in [3.05, 3.63) is 47.9 Å². The normalized spacial score (nSPS) is 14.0. The van der Waals surface area contributed by atoms with Crippen molar-refractivity contribution < 1.29 is 23.5 Å². The molecule has 0 unspecified atom stereocenters. The Labute approximate surface area is 151 Å². The Hall–Kier alpha value is -2.96. The predicted molar refractivity (Wildman–Crippen MR) is 94.2 cm³/mol. The van der Waals surface area contributed by atoms with Gasteiger partial charge in [0.05, 0.1) is 6.26 Å². The van der Waals surface area contributed by atoms with Gasteiger partial charge in [0, 0.05) is 12.0 Å². The van der Waals surface area contributed by atoms with E-state index in [1.165, 1.54) is 6.26 Å². The lowest BCUT2D eigenvalue weighted by Gasteiger charge is -2.26. The van der Waals surface area contributed by atoms with Crippen LogP contribution < -0.4 is 20.1 Å². The Morgan fingerprint density at radius 2 is 1.96 bits per heavy atom. The average Bonchev–Trinajstić information content (AvgIpc) is 3.30. The zero-order valence-corrected chi connectivity index (χ0v) is 15.0. The maximum absolute atomic E-state index is 12.3. The Balaban J connectivity index is 1.56. The standard InChI is InChI=1S/C19H22N2O5/c1-12(21-18(23)15-5-4-8-24-15)17(22)20-10-19(2,3)13-6-7-14-16(9-13)26-11-25-14/h4-9,12H,10-11H2,1-3H3,(H,20,22)(H,21,23)/t12-/m1/s1. The number of rotatable bonds is 6. The van der Waals surface area contributed by atoms with Crippen LogP contribution in [0.1, 0.15) is 36.9 Å². The van der Waals surface area contributed by atoms with Crippen molar-refractivity contribution in [1.29, 1.82) is 0 Å². The molecule has 1 atom stereocenters. The van der Waals surface area contributed by atoms with Gasteiger partial charge in [0.25, 0.3) is 5.91 Å². The second kappa shape index (κ2) is 7.11. The van der Waals surface area contributed by atoms with Crippen LogP contribution in [0.15, 0.2) is 41.0 Å². The largest absolute Gasteiger partial charge is 0.459 e. The van der Waals surface area contributed by atoms with Gasteiger partial charge in [-0.25, -0.2) is 0 Å². The third-order valence-corrected chi connectivity index (χ3v) is 4.34. The summed E-state index contributed by atoms with van der Waals surface area (Å²) in [5.74, 6) is 0.917. The predicted octanol–water partition coefficient (Wildman–Crippen LogP) is 2.22. The molecule has 1 aromatic carbocycles. The molecule has 7 nitrogen and oxygen atoms in total. The minimum absolute atomic E-state index is 0.172. The summed E-state index contributed by atoms with van der Waals surface area (Å²) >= 11 is 0. The van der Waals surface area contributed by atoms with Gasteiger partial charge in [-0.1, -0.05) is 19.9 Å². The van der Waals surface area contributed by atoms with Crippen LogP contribution in [0, 0.1) is 0 Å². The highest BCUT2D eigenvalue weighted by Crippen LogP contribution is 2.36. The smallest absolute Gasteiger partial charge is 0.287 e. The van der Waals surface area contributed by atoms with Crippen LogP contribution in [0.4, 0.5) is 0 Å². The number of hydrogen-bond acceptors (Lipinski definition) is 5. The van der Waals surface area contributed by atoms with Crippen LogP contribution in [0.3, 0.4) is 0 Å². The van der Waals surface area contributed by atoms with Crippen molar-refractivity contribution in [3.63, 3.8) is 0 Å². The zero-order valence-electron chi connectivity index (χ0n) is 15.0. The van der Waals surface area contributed by atoms with Gasteiger partial charge >= 0.3 is 0 Å². The van der Waals surface area contributed by atoms with Gasteiger partial charge in [0.15, 0.2) is 17.3 Å². The highest BCUT2D eigenvalue weighted by Gasteiger charge is 2.26. The van der Waals surface area contributed by atoms with E-state index >= 15 is 0 Å². The lowest BCUT2D eigenvalue weighted by molar-refractivity contribution is -0.122. The number of furan rings is 1. The van der Waals surface area contributed by atoms with Crippen molar-refractivity contribution in [2.45, 2.75) is 32.2 Å². The van der Waals surface area contributed by atoms with E-state index < -0.39 is 11.9 Å². The molecule has 0 bridgehead atoms. The van der Waals surface area contributed by atoms with Crippen molar-refractivity contribution in [2.75, 3.05) is 13.3 Å². The minimum atomic E-state index is -0.680. The molecule has 7 heteroatoms. The second-order valence-corrected chi connectivity index (χ2v) is 6.84. The van der Waals surface area contributed by atoms with Crippen LogP contribution in [0.25, 0.3) is 0 Å². The summed E-state index contributed by atoms with van der Waals surface area (Å²) in [7, 11) is 0. The number of carbonyl (C=O) groups excluding carboxylic acids is 2. The number of nitrogens with one attached hydrogen (secondary N) is 2. The van der Waals surface area contributed by atoms with Gasteiger partial charge in [-0.3, -0.25) is 9.59 Å². The summed E-state index contributed by atoms with van der Waals surface area (Å²) in [5.41, 5.74) is 0.704. The maximum Gasteiger partial charge on any atom is 0.287 e. The molecule has 2 aromatic rings. The molecule has 26 heavy (non-hydrogen) atoms. The van der Waals surface area contributed by atoms with Crippen molar-refractivity contribution in [1.82, 2.24) is 10.6 Å². The summed E-state index contributed by atoms with van der Waals surface area (Å²) in [6, 6.07) is 8.24. The molecule has 0 saturated heterocycles. The molecule has 2 heterocycles. The monoisotopic (exact) mass is 358 g/mol. The van der Waals surface area contributed by atoms with Gasteiger partial charge in [-0.2, -0.15) is 0 Å². The van der Waals surface area contributed by atoms with Crippen LogP contribution >= 0.6 is 0 Å². The molecule has 1 aromatic heterocycles. The van der Waals surface area contributed by atoms with Crippen LogP contribution in [0.2, 0.25) is 0 Å². The summed E-state index contributed by atoms with van der Waals surface area (Å²) in [6.45, 7) is 6.31. The van der Waals surface area contributed by atoms with E-state index in [1.54, 1.807) is 19.1 Å². The molecule has 3 rings (SSSR count). The Morgan fingerprint density at radius 1 is 1.19 bits per heavy atom. The third-order valence-electron chi connectivity index (χ3n) is 4.34. The van der Waals surface area contributed by atoms with Gasteiger partial charge in [-0.05, 0) is 36.8 Å². The van der Waals surface area contributed by atoms with E-state index in [0.29, 0.717) is 12.3 Å². The van der Waals surface area contributed by atoms with Gasteiger partial charge < -0.3 is 24.5 Å². The van der Waals surface area contributed by atoms with E-state index in [4.69, 9.17) is 13.9 Å². The number of amides is 2. The lowest BCUT2D eigenvalue weighted by atomic mass is 9.84. The summed E-state index contributed by atoms with van der Waals surface area (Å²) in [5, 5.41) is 5.49. The van der Waals surface area contributed by atoms with Crippen molar-refractivity contribution >= 4 is 11.8 Å². The quantitative estimate of drug-likeness (QED) is 0.826. The number of carbonyl (C=O) groups is 2. The Bertz CT molecular complexity index is 798. The SMILES string of the molecule is C[C@@H](NC(=O)c1ccco1)C(=O)NCC(C)(C)c1ccc2c(c1)OCO2. The van der Waals surface area contributed by atoms with Gasteiger partial charge in [-0.15, -0.1) is 0 Å². The molecule has 1 aliphatic heterocycles. The third kappa shape index (κ3) is 3.82. The summed E-state index contributed by atoms with van der Waals surface area (Å²) in [6.07, 6.45) is 1.41. The molecule has 0 spiro atoms. The topological polar surface area (TPSA) is 89.8 Å². The molecule has 1 aliphatic rings. The molecule has 2 amide bonds. The Kier molecular flexibility index (Phi) is 4.88. The number of hydrogen-bond donors (Lipinski definition) is 2. The molecule has 2 N–H and O–H groups in total. The van der Waals surface area contributed by atoms with E-state index in [1.807, 2.05) is 32.0 Å². The molecule has 138 valence electrons. The fraction of sp³-hybridized carbons (Fsp3) is 0.368. The highest BCUT2D eigenvalue weighted by atomic mass is 16.7.